The summed E-state index contributed by atoms with van der Waals surface area (Å²) < 4.78 is 0. The number of rotatable bonds is 4. The molecule has 5 heteroatoms. The van der Waals surface area contributed by atoms with E-state index in [2.05, 4.69) is 10.6 Å². The Labute approximate surface area is 118 Å². The van der Waals surface area contributed by atoms with Crippen LogP contribution >= 0.6 is 11.6 Å². The minimum Gasteiger partial charge on any atom is -0.390 e. The Morgan fingerprint density at radius 1 is 1.53 bits per heavy atom. The Bertz CT molecular complexity index is 488. The van der Waals surface area contributed by atoms with Gasteiger partial charge in [0.15, 0.2) is 0 Å². The number of alkyl halides is 1. The van der Waals surface area contributed by atoms with Crippen molar-refractivity contribution in [2.75, 3.05) is 17.7 Å². The highest BCUT2D eigenvalue weighted by molar-refractivity contribution is 6.18. The van der Waals surface area contributed by atoms with Crippen LogP contribution in [0.15, 0.2) is 18.2 Å². The Kier molecular flexibility index (Phi) is 4.02. The van der Waals surface area contributed by atoms with Gasteiger partial charge in [0.05, 0.1) is 17.4 Å². The summed E-state index contributed by atoms with van der Waals surface area (Å²) in [4.78, 5) is 12.0. The number of anilines is 1. The number of fused-ring (bicyclic) bond motifs is 1. The van der Waals surface area contributed by atoms with E-state index in [1.807, 2.05) is 32.0 Å². The molecule has 1 aliphatic rings. The predicted octanol–water partition coefficient (Wildman–Crippen LogP) is 1.61. The molecule has 0 spiro atoms. The molecule has 0 saturated carbocycles. The van der Waals surface area contributed by atoms with Crippen LogP contribution in [0.3, 0.4) is 0 Å². The van der Waals surface area contributed by atoms with Gasteiger partial charge in [-0.05, 0) is 31.0 Å². The summed E-state index contributed by atoms with van der Waals surface area (Å²) in [6.07, 6.45) is -0.599. The largest absolute Gasteiger partial charge is 0.390 e. The third kappa shape index (κ3) is 2.69. The highest BCUT2D eigenvalue weighted by Crippen LogP contribution is 2.36. The van der Waals surface area contributed by atoms with Gasteiger partial charge in [0.1, 0.15) is 0 Å². The molecule has 104 valence electrons. The number of hydrogen-bond donors (Lipinski definition) is 3. The molecule has 1 aromatic carbocycles. The first-order chi connectivity index (χ1) is 8.96. The molecule has 1 atom stereocenters. The van der Waals surface area contributed by atoms with E-state index in [1.54, 1.807) is 0 Å². The first kappa shape index (κ1) is 14.2. The van der Waals surface area contributed by atoms with Crippen LogP contribution < -0.4 is 10.6 Å². The van der Waals surface area contributed by atoms with E-state index in [4.69, 9.17) is 11.6 Å². The molecule has 3 N–H and O–H groups in total. The van der Waals surface area contributed by atoms with E-state index in [1.165, 1.54) is 0 Å². The molecule has 4 nitrogen and oxygen atoms in total. The summed E-state index contributed by atoms with van der Waals surface area (Å²) in [6.45, 7) is 4.73. The lowest BCUT2D eigenvalue weighted by Gasteiger charge is -2.34. The Morgan fingerprint density at radius 3 is 2.95 bits per heavy atom. The quantitative estimate of drug-likeness (QED) is 0.735. The average molecular weight is 283 g/mol. The molecule has 1 aliphatic heterocycles. The fourth-order valence-corrected chi connectivity index (χ4v) is 2.53. The summed E-state index contributed by atoms with van der Waals surface area (Å²) in [5.74, 6) is 0.207. The number of hydrogen-bond acceptors (Lipinski definition) is 3. The topological polar surface area (TPSA) is 61.4 Å². The second-order valence-electron chi connectivity index (χ2n) is 5.34. The Hall–Kier alpha value is -1.26. The monoisotopic (exact) mass is 282 g/mol. The summed E-state index contributed by atoms with van der Waals surface area (Å²) in [6, 6.07) is 5.89. The number of amides is 1. The fraction of sp³-hybridized carbons (Fsp3) is 0.500. The molecule has 0 fully saturated rings. The van der Waals surface area contributed by atoms with Gasteiger partial charge in [-0.2, -0.15) is 0 Å². The maximum absolute atomic E-state index is 12.0. The van der Waals surface area contributed by atoms with E-state index in [9.17, 15) is 9.90 Å². The van der Waals surface area contributed by atoms with Gasteiger partial charge in [-0.3, -0.25) is 4.79 Å². The molecule has 1 aromatic rings. The highest BCUT2D eigenvalue weighted by Gasteiger charge is 2.37. The maximum Gasteiger partial charge on any atom is 0.230 e. The molecule has 1 unspecified atom stereocenters. The average Bonchev–Trinajstić information content (AvgIpc) is 2.40. The van der Waals surface area contributed by atoms with E-state index >= 15 is 0 Å². The summed E-state index contributed by atoms with van der Waals surface area (Å²) in [5, 5.41) is 15.6. The zero-order valence-electron chi connectivity index (χ0n) is 11.2. The van der Waals surface area contributed by atoms with Crippen LogP contribution in [0.25, 0.3) is 0 Å². The van der Waals surface area contributed by atoms with Gasteiger partial charge in [0, 0.05) is 18.8 Å². The number of aliphatic hydroxyl groups excluding tert-OH is 1. The predicted molar refractivity (Wildman–Crippen MR) is 76.5 cm³/mol. The molecular weight excluding hydrogens is 264 g/mol. The van der Waals surface area contributed by atoms with Crippen molar-refractivity contribution in [2.24, 2.45) is 0 Å². The molecule has 0 aromatic heterocycles. The van der Waals surface area contributed by atoms with Crippen molar-refractivity contribution in [3.8, 4) is 0 Å². The van der Waals surface area contributed by atoms with Crippen LogP contribution in [0.4, 0.5) is 5.69 Å². The summed E-state index contributed by atoms with van der Waals surface area (Å²) in [7, 11) is 0. The molecule has 19 heavy (non-hydrogen) atoms. The lowest BCUT2D eigenvalue weighted by Crippen LogP contribution is -2.45. The number of benzene rings is 1. The second-order valence-corrected chi connectivity index (χ2v) is 5.65. The molecule has 1 heterocycles. The zero-order valence-corrected chi connectivity index (χ0v) is 11.9. The normalized spacial score (nSPS) is 18.4. The van der Waals surface area contributed by atoms with Crippen molar-refractivity contribution in [3.05, 3.63) is 29.3 Å². The standard InChI is InChI=1S/C14H19ClN2O2/c1-14(2)12-9(7-17-13(14)19)4-3-5-11(12)16-8-10(18)6-15/h3-5,10,16,18H,6-8H2,1-2H3,(H,17,19). The molecule has 1 amide bonds. The third-order valence-corrected chi connectivity index (χ3v) is 3.85. The van der Waals surface area contributed by atoms with Gasteiger partial charge in [0.25, 0.3) is 0 Å². The van der Waals surface area contributed by atoms with Gasteiger partial charge in [-0.15, -0.1) is 11.6 Å². The van der Waals surface area contributed by atoms with Gasteiger partial charge in [0.2, 0.25) is 5.91 Å². The molecule has 0 radical (unpaired) electrons. The van der Waals surface area contributed by atoms with E-state index < -0.39 is 11.5 Å². The number of nitrogens with one attached hydrogen (secondary N) is 2. The van der Waals surface area contributed by atoms with Crippen LogP contribution in [0, 0.1) is 0 Å². The minimum atomic E-state index is -0.599. The van der Waals surface area contributed by atoms with Gasteiger partial charge in [-0.1, -0.05) is 12.1 Å². The summed E-state index contributed by atoms with van der Waals surface area (Å²) in [5.41, 5.74) is 2.42. The van der Waals surface area contributed by atoms with Crippen molar-refractivity contribution in [1.82, 2.24) is 5.32 Å². The van der Waals surface area contributed by atoms with E-state index in [-0.39, 0.29) is 11.8 Å². The van der Waals surface area contributed by atoms with Crippen molar-refractivity contribution in [3.63, 3.8) is 0 Å². The van der Waals surface area contributed by atoms with E-state index in [0.717, 1.165) is 16.8 Å². The number of carbonyl (C=O) groups excluding carboxylic acids is 1. The number of halogens is 1. The Balaban J connectivity index is 2.34. The maximum atomic E-state index is 12.0. The van der Waals surface area contributed by atoms with Crippen LogP contribution in [0.5, 0.6) is 0 Å². The molecule has 0 bridgehead atoms. The van der Waals surface area contributed by atoms with Crippen LogP contribution in [-0.2, 0) is 16.8 Å². The highest BCUT2D eigenvalue weighted by atomic mass is 35.5. The minimum absolute atomic E-state index is 0.0205. The molecule has 0 aliphatic carbocycles. The molecule has 0 saturated heterocycles. The SMILES string of the molecule is CC1(C)C(=O)NCc2cccc(NCC(O)CCl)c21. The zero-order chi connectivity index (χ0) is 14.0. The first-order valence-electron chi connectivity index (χ1n) is 6.35. The molecular formula is C14H19ClN2O2. The summed E-state index contributed by atoms with van der Waals surface area (Å²) >= 11 is 5.59. The molecule has 2 rings (SSSR count). The first-order valence-corrected chi connectivity index (χ1v) is 6.89. The van der Waals surface area contributed by atoms with Crippen LogP contribution in [0.1, 0.15) is 25.0 Å². The van der Waals surface area contributed by atoms with Gasteiger partial charge in [-0.25, -0.2) is 0 Å². The van der Waals surface area contributed by atoms with E-state index in [0.29, 0.717) is 13.1 Å². The second kappa shape index (κ2) is 5.39. The number of aliphatic hydroxyl groups is 1. The van der Waals surface area contributed by atoms with Crippen molar-refractivity contribution >= 4 is 23.2 Å². The van der Waals surface area contributed by atoms with Crippen molar-refractivity contribution in [2.45, 2.75) is 31.9 Å². The van der Waals surface area contributed by atoms with Crippen molar-refractivity contribution < 1.29 is 9.90 Å². The lowest BCUT2D eigenvalue weighted by atomic mass is 9.77. The van der Waals surface area contributed by atoms with Crippen molar-refractivity contribution in [1.29, 1.82) is 0 Å². The van der Waals surface area contributed by atoms with Crippen LogP contribution in [-0.4, -0.2) is 29.5 Å². The fourth-order valence-electron chi connectivity index (χ4n) is 2.43. The smallest absolute Gasteiger partial charge is 0.230 e. The Morgan fingerprint density at radius 2 is 2.26 bits per heavy atom. The lowest BCUT2D eigenvalue weighted by molar-refractivity contribution is -0.126. The number of carbonyl (C=O) groups is 1. The third-order valence-electron chi connectivity index (χ3n) is 3.49. The van der Waals surface area contributed by atoms with Gasteiger partial charge >= 0.3 is 0 Å². The van der Waals surface area contributed by atoms with Gasteiger partial charge < -0.3 is 15.7 Å². The van der Waals surface area contributed by atoms with Crippen LogP contribution in [0.2, 0.25) is 0 Å².